The molecule has 3 aromatic rings. The molecule has 1 N–H and O–H groups in total. The Morgan fingerprint density at radius 2 is 1.88 bits per heavy atom. The highest BCUT2D eigenvalue weighted by Gasteiger charge is 2.39. The molecular weight excluding hydrogens is 430 g/mol. The van der Waals surface area contributed by atoms with E-state index in [1.807, 2.05) is 69.3 Å². The zero-order valence-electron chi connectivity index (χ0n) is 20.3. The molecule has 0 saturated heterocycles. The highest BCUT2D eigenvalue weighted by atomic mass is 16.5. The summed E-state index contributed by atoms with van der Waals surface area (Å²) in [5, 5.41) is 11.5. The van der Waals surface area contributed by atoms with E-state index >= 15 is 0 Å². The summed E-state index contributed by atoms with van der Waals surface area (Å²) in [6, 6.07) is 14.2. The molecule has 0 unspecified atom stereocenters. The first-order valence-electron chi connectivity index (χ1n) is 11.8. The molecule has 1 saturated carbocycles. The topological polar surface area (TPSA) is 89.4 Å². The number of para-hydroxylation sites is 1. The normalized spacial score (nSPS) is 15.3. The molecule has 180 valence electrons. The van der Waals surface area contributed by atoms with Gasteiger partial charge in [-0.1, -0.05) is 42.3 Å². The van der Waals surface area contributed by atoms with Gasteiger partial charge in [-0.2, -0.15) is 0 Å². The molecule has 0 aliphatic heterocycles. The van der Waals surface area contributed by atoms with Crippen molar-refractivity contribution >= 4 is 22.8 Å². The van der Waals surface area contributed by atoms with E-state index in [0.29, 0.717) is 5.75 Å². The predicted molar refractivity (Wildman–Crippen MR) is 130 cm³/mol. The van der Waals surface area contributed by atoms with Gasteiger partial charge in [0.2, 0.25) is 11.8 Å². The Balaban J connectivity index is 1.75. The highest BCUT2D eigenvalue weighted by Crippen LogP contribution is 2.33. The van der Waals surface area contributed by atoms with Gasteiger partial charge in [0, 0.05) is 11.6 Å². The molecule has 1 aliphatic carbocycles. The maximum atomic E-state index is 13.9. The number of nitrogens with zero attached hydrogens (tertiary/aromatic N) is 4. The number of ether oxygens (including phenoxy) is 1. The molecular formula is C26H33N5O3. The van der Waals surface area contributed by atoms with E-state index in [9.17, 15) is 9.59 Å². The van der Waals surface area contributed by atoms with Crippen LogP contribution in [-0.2, 0) is 16.1 Å². The number of hydrogen-bond donors (Lipinski definition) is 1. The van der Waals surface area contributed by atoms with Crippen molar-refractivity contribution in [2.24, 2.45) is 0 Å². The number of nitrogens with one attached hydrogen (secondary N) is 1. The van der Waals surface area contributed by atoms with Gasteiger partial charge in [0.15, 0.2) is 0 Å². The largest absolute Gasteiger partial charge is 0.497 e. The lowest BCUT2D eigenvalue weighted by atomic mass is 9.99. The van der Waals surface area contributed by atoms with E-state index in [-0.39, 0.29) is 24.4 Å². The second kappa shape index (κ2) is 9.83. The molecule has 1 heterocycles. The molecule has 1 atom stereocenters. The highest BCUT2D eigenvalue weighted by molar-refractivity contribution is 5.90. The first-order valence-corrected chi connectivity index (χ1v) is 11.8. The van der Waals surface area contributed by atoms with Gasteiger partial charge in [0.1, 0.15) is 23.9 Å². The summed E-state index contributed by atoms with van der Waals surface area (Å²) in [5.74, 6) is 0.288. The number of rotatable bonds is 7. The Bertz CT molecular complexity index is 1160. The van der Waals surface area contributed by atoms with Crippen LogP contribution in [-0.4, -0.2) is 50.4 Å². The predicted octanol–water partition coefficient (Wildman–Crippen LogP) is 3.87. The number of carbonyl (C=O) groups is 2. The molecule has 1 fully saturated rings. The zero-order valence-corrected chi connectivity index (χ0v) is 20.3. The van der Waals surface area contributed by atoms with Gasteiger partial charge in [0.05, 0.1) is 12.6 Å². The maximum Gasteiger partial charge on any atom is 0.247 e. The lowest BCUT2D eigenvalue weighted by molar-refractivity contribution is -0.144. The molecule has 8 heteroatoms. The minimum Gasteiger partial charge on any atom is -0.497 e. The summed E-state index contributed by atoms with van der Waals surface area (Å²) in [4.78, 5) is 29.4. The van der Waals surface area contributed by atoms with E-state index in [1.54, 1.807) is 16.7 Å². The number of carbonyl (C=O) groups excluding carboxylic acids is 2. The quantitative estimate of drug-likeness (QED) is 0.575. The molecule has 0 spiro atoms. The van der Waals surface area contributed by atoms with Gasteiger partial charge < -0.3 is 15.0 Å². The van der Waals surface area contributed by atoms with Crippen molar-refractivity contribution in [3.8, 4) is 5.75 Å². The molecule has 2 amide bonds. The molecule has 34 heavy (non-hydrogen) atoms. The van der Waals surface area contributed by atoms with Crippen LogP contribution >= 0.6 is 0 Å². The van der Waals surface area contributed by atoms with Gasteiger partial charge in [-0.15, -0.1) is 5.10 Å². The van der Waals surface area contributed by atoms with Crippen molar-refractivity contribution in [1.82, 2.24) is 25.2 Å². The number of amides is 2. The van der Waals surface area contributed by atoms with Crippen LogP contribution < -0.4 is 10.1 Å². The van der Waals surface area contributed by atoms with Crippen molar-refractivity contribution in [3.05, 3.63) is 54.1 Å². The summed E-state index contributed by atoms with van der Waals surface area (Å²) in [6.45, 7) is 5.84. The first kappa shape index (κ1) is 23.7. The SMILES string of the molecule is COc1cccc([C@H](C(=O)NC(C)(C)C)N(C(=O)Cn2nnc3ccccc32)C2CCCC2)c1. The number of aromatic nitrogens is 3. The van der Waals surface area contributed by atoms with Crippen LogP contribution in [0.4, 0.5) is 0 Å². The summed E-state index contributed by atoms with van der Waals surface area (Å²) < 4.78 is 7.04. The van der Waals surface area contributed by atoms with Crippen molar-refractivity contribution in [2.45, 2.75) is 70.6 Å². The maximum absolute atomic E-state index is 13.9. The summed E-state index contributed by atoms with van der Waals surface area (Å²) in [7, 11) is 1.60. The van der Waals surface area contributed by atoms with Crippen molar-refractivity contribution in [3.63, 3.8) is 0 Å². The fraction of sp³-hybridized carbons (Fsp3) is 0.462. The van der Waals surface area contributed by atoms with Gasteiger partial charge in [-0.25, -0.2) is 4.68 Å². The number of hydrogen-bond acceptors (Lipinski definition) is 5. The van der Waals surface area contributed by atoms with E-state index in [2.05, 4.69) is 15.6 Å². The number of fused-ring (bicyclic) bond motifs is 1. The van der Waals surface area contributed by atoms with Crippen LogP contribution in [0.5, 0.6) is 5.75 Å². The second-order valence-corrected chi connectivity index (χ2v) is 9.89. The molecule has 4 rings (SSSR count). The van der Waals surface area contributed by atoms with Crippen LogP contribution in [0.25, 0.3) is 11.0 Å². The van der Waals surface area contributed by atoms with E-state index in [4.69, 9.17) is 4.74 Å². The van der Waals surface area contributed by atoms with Crippen molar-refractivity contribution in [1.29, 1.82) is 0 Å². The van der Waals surface area contributed by atoms with E-state index in [0.717, 1.165) is 42.3 Å². The monoisotopic (exact) mass is 463 g/mol. The minimum atomic E-state index is -0.778. The molecule has 8 nitrogen and oxygen atoms in total. The number of benzene rings is 2. The lowest BCUT2D eigenvalue weighted by Crippen LogP contribution is -2.52. The lowest BCUT2D eigenvalue weighted by Gasteiger charge is -2.37. The Morgan fingerprint density at radius 3 is 2.59 bits per heavy atom. The van der Waals surface area contributed by atoms with Crippen LogP contribution in [0.2, 0.25) is 0 Å². The third-order valence-corrected chi connectivity index (χ3v) is 6.15. The summed E-state index contributed by atoms with van der Waals surface area (Å²) >= 11 is 0. The fourth-order valence-corrected chi connectivity index (χ4v) is 4.67. The minimum absolute atomic E-state index is 0.0142. The van der Waals surface area contributed by atoms with Gasteiger partial charge in [-0.3, -0.25) is 9.59 Å². The zero-order chi connectivity index (χ0) is 24.3. The second-order valence-electron chi connectivity index (χ2n) is 9.89. The van der Waals surface area contributed by atoms with Gasteiger partial charge in [0.25, 0.3) is 0 Å². The third kappa shape index (κ3) is 5.21. The Morgan fingerprint density at radius 1 is 1.15 bits per heavy atom. The number of methoxy groups -OCH3 is 1. The van der Waals surface area contributed by atoms with Crippen molar-refractivity contribution in [2.75, 3.05) is 7.11 Å². The Kier molecular flexibility index (Phi) is 6.86. The van der Waals surface area contributed by atoms with Crippen LogP contribution in [0.15, 0.2) is 48.5 Å². The van der Waals surface area contributed by atoms with Gasteiger partial charge in [-0.05, 0) is 63.4 Å². The third-order valence-electron chi connectivity index (χ3n) is 6.15. The molecule has 0 radical (unpaired) electrons. The fourth-order valence-electron chi connectivity index (χ4n) is 4.67. The van der Waals surface area contributed by atoms with Crippen molar-refractivity contribution < 1.29 is 14.3 Å². The molecule has 2 aromatic carbocycles. The first-order chi connectivity index (χ1) is 16.3. The van der Waals surface area contributed by atoms with Gasteiger partial charge >= 0.3 is 0 Å². The Hall–Kier alpha value is -3.42. The molecule has 0 bridgehead atoms. The van der Waals surface area contributed by atoms with Crippen LogP contribution in [0.1, 0.15) is 58.1 Å². The average molecular weight is 464 g/mol. The average Bonchev–Trinajstić information content (AvgIpc) is 3.46. The molecule has 1 aromatic heterocycles. The van der Waals surface area contributed by atoms with Crippen LogP contribution in [0.3, 0.4) is 0 Å². The van der Waals surface area contributed by atoms with Crippen LogP contribution in [0, 0.1) is 0 Å². The Labute approximate surface area is 200 Å². The van der Waals surface area contributed by atoms with E-state index < -0.39 is 11.6 Å². The van der Waals surface area contributed by atoms with E-state index in [1.165, 1.54) is 0 Å². The smallest absolute Gasteiger partial charge is 0.247 e. The summed E-state index contributed by atoms with van der Waals surface area (Å²) in [6.07, 6.45) is 3.80. The standard InChI is InChI=1S/C26H33N5O3/c1-26(2,3)27-25(33)24(18-10-9-13-20(16-18)34-4)31(19-11-5-6-12-19)23(32)17-30-22-15-8-7-14-21(22)28-29-30/h7-10,13-16,19,24H,5-6,11-12,17H2,1-4H3,(H,27,33)/t24-/m1/s1. The molecule has 1 aliphatic rings. The summed E-state index contributed by atoms with van der Waals surface area (Å²) in [5.41, 5.74) is 1.81.